The highest BCUT2D eigenvalue weighted by Gasteiger charge is 2.21. The Morgan fingerprint density at radius 2 is 2.24 bits per heavy atom. The molecule has 0 saturated heterocycles. The van der Waals surface area contributed by atoms with E-state index in [4.69, 9.17) is 5.11 Å². The zero-order valence-electron chi connectivity index (χ0n) is 12.5. The number of amides is 2. The average Bonchev–Trinajstić information content (AvgIpc) is 2.52. The fourth-order valence-electron chi connectivity index (χ4n) is 2.64. The Morgan fingerprint density at radius 3 is 3.00 bits per heavy atom. The molecule has 116 valence electrons. The van der Waals surface area contributed by atoms with Gasteiger partial charge in [-0.15, -0.1) is 0 Å². The topological polar surface area (TPSA) is 52.6 Å². The summed E-state index contributed by atoms with van der Waals surface area (Å²) < 4.78 is 0. The summed E-state index contributed by atoms with van der Waals surface area (Å²) in [7, 11) is 0. The van der Waals surface area contributed by atoms with Gasteiger partial charge in [0.2, 0.25) is 0 Å². The Kier molecular flexibility index (Phi) is 6.39. The summed E-state index contributed by atoms with van der Waals surface area (Å²) >= 11 is 1.90. The second-order valence-electron chi connectivity index (χ2n) is 5.20. The van der Waals surface area contributed by atoms with Gasteiger partial charge in [-0.05, 0) is 29.7 Å². The molecule has 0 fully saturated rings. The van der Waals surface area contributed by atoms with Crippen LogP contribution < -0.4 is 5.32 Å². The standard InChI is InChI=1S/C16H24N2O2S/c1-2-8-18(9-10-19)16(20)17-12-15-14-6-4-3-5-13(14)7-11-21-15/h3-6,15,19H,2,7-12H2,1H3,(H,17,20). The minimum Gasteiger partial charge on any atom is -0.395 e. The average molecular weight is 308 g/mol. The summed E-state index contributed by atoms with van der Waals surface area (Å²) in [5.41, 5.74) is 2.74. The molecule has 1 aliphatic rings. The van der Waals surface area contributed by atoms with E-state index >= 15 is 0 Å². The smallest absolute Gasteiger partial charge is 0.317 e. The number of benzene rings is 1. The normalized spacial score (nSPS) is 17.1. The Balaban J connectivity index is 1.92. The van der Waals surface area contributed by atoms with Gasteiger partial charge in [-0.3, -0.25) is 0 Å². The first-order valence-corrected chi connectivity index (χ1v) is 8.64. The van der Waals surface area contributed by atoms with E-state index in [-0.39, 0.29) is 12.6 Å². The number of thioether (sulfide) groups is 1. The van der Waals surface area contributed by atoms with Crippen molar-refractivity contribution in [2.75, 3.05) is 32.0 Å². The number of fused-ring (bicyclic) bond motifs is 1. The van der Waals surface area contributed by atoms with Gasteiger partial charge in [-0.2, -0.15) is 11.8 Å². The fraction of sp³-hybridized carbons (Fsp3) is 0.562. The molecule has 2 rings (SSSR count). The maximum absolute atomic E-state index is 12.2. The van der Waals surface area contributed by atoms with Gasteiger partial charge in [-0.1, -0.05) is 31.2 Å². The summed E-state index contributed by atoms with van der Waals surface area (Å²) in [5.74, 6) is 1.10. The second kappa shape index (κ2) is 8.29. The van der Waals surface area contributed by atoms with Gasteiger partial charge >= 0.3 is 6.03 Å². The highest BCUT2D eigenvalue weighted by molar-refractivity contribution is 7.99. The second-order valence-corrected chi connectivity index (χ2v) is 6.52. The molecule has 21 heavy (non-hydrogen) atoms. The van der Waals surface area contributed by atoms with Crippen molar-refractivity contribution in [3.8, 4) is 0 Å². The zero-order chi connectivity index (χ0) is 15.1. The van der Waals surface area contributed by atoms with Crippen molar-refractivity contribution in [3.05, 3.63) is 35.4 Å². The number of hydrogen-bond acceptors (Lipinski definition) is 3. The number of aliphatic hydroxyl groups is 1. The molecular weight excluding hydrogens is 284 g/mol. The monoisotopic (exact) mass is 308 g/mol. The number of nitrogens with one attached hydrogen (secondary N) is 1. The van der Waals surface area contributed by atoms with E-state index in [1.165, 1.54) is 11.1 Å². The largest absolute Gasteiger partial charge is 0.395 e. The van der Waals surface area contributed by atoms with Crippen molar-refractivity contribution < 1.29 is 9.90 Å². The molecule has 0 bridgehead atoms. The number of carbonyl (C=O) groups excluding carboxylic acids is 1. The van der Waals surface area contributed by atoms with Crippen LogP contribution >= 0.6 is 11.8 Å². The van der Waals surface area contributed by atoms with E-state index in [1.807, 2.05) is 18.7 Å². The predicted octanol–water partition coefficient (Wildman–Crippen LogP) is 2.43. The Bertz CT molecular complexity index is 461. The molecule has 1 heterocycles. The minimum absolute atomic E-state index is 0.00837. The summed E-state index contributed by atoms with van der Waals surface area (Å²) in [6.45, 7) is 3.76. The number of aryl methyl sites for hydroxylation is 1. The maximum atomic E-state index is 12.2. The molecule has 2 amide bonds. The lowest BCUT2D eigenvalue weighted by molar-refractivity contribution is 0.177. The van der Waals surface area contributed by atoms with Crippen LogP contribution in [0.15, 0.2) is 24.3 Å². The molecule has 0 saturated carbocycles. The van der Waals surface area contributed by atoms with Gasteiger partial charge in [0.1, 0.15) is 0 Å². The lowest BCUT2D eigenvalue weighted by atomic mass is 10.0. The van der Waals surface area contributed by atoms with Crippen LogP contribution in [0.3, 0.4) is 0 Å². The first-order valence-electron chi connectivity index (χ1n) is 7.59. The van der Waals surface area contributed by atoms with Crippen LogP contribution in [0.4, 0.5) is 4.79 Å². The predicted molar refractivity (Wildman–Crippen MR) is 87.7 cm³/mol. The van der Waals surface area contributed by atoms with Crippen LogP contribution in [0.5, 0.6) is 0 Å². The molecule has 1 aliphatic heterocycles. The minimum atomic E-state index is -0.0745. The van der Waals surface area contributed by atoms with Crippen molar-refractivity contribution in [1.82, 2.24) is 10.2 Å². The van der Waals surface area contributed by atoms with Crippen molar-refractivity contribution >= 4 is 17.8 Å². The summed E-state index contributed by atoms with van der Waals surface area (Å²) in [5, 5.41) is 12.4. The summed E-state index contributed by atoms with van der Waals surface area (Å²) in [6.07, 6.45) is 2.01. The Hall–Kier alpha value is -1.20. The first kappa shape index (κ1) is 16.2. The number of urea groups is 1. The van der Waals surface area contributed by atoms with Crippen molar-refractivity contribution in [3.63, 3.8) is 0 Å². The van der Waals surface area contributed by atoms with Crippen LogP contribution in [-0.4, -0.2) is 48.0 Å². The third kappa shape index (κ3) is 4.38. The van der Waals surface area contributed by atoms with Gasteiger partial charge in [0.15, 0.2) is 0 Å². The highest BCUT2D eigenvalue weighted by atomic mass is 32.2. The SMILES string of the molecule is CCCN(CCO)C(=O)NCC1SCCc2ccccc21. The quantitative estimate of drug-likeness (QED) is 0.848. The molecule has 4 nitrogen and oxygen atoms in total. The van der Waals surface area contributed by atoms with E-state index in [0.29, 0.717) is 24.9 Å². The molecule has 1 atom stereocenters. The van der Waals surface area contributed by atoms with Crippen molar-refractivity contribution in [1.29, 1.82) is 0 Å². The molecule has 0 aliphatic carbocycles. The van der Waals surface area contributed by atoms with Crippen LogP contribution in [-0.2, 0) is 6.42 Å². The van der Waals surface area contributed by atoms with E-state index in [0.717, 1.165) is 18.6 Å². The third-order valence-electron chi connectivity index (χ3n) is 3.68. The molecule has 1 aromatic rings. The molecule has 0 spiro atoms. The van der Waals surface area contributed by atoms with E-state index < -0.39 is 0 Å². The molecule has 0 aromatic heterocycles. The van der Waals surface area contributed by atoms with Gasteiger partial charge in [0, 0.05) is 24.9 Å². The van der Waals surface area contributed by atoms with Crippen molar-refractivity contribution in [2.24, 2.45) is 0 Å². The lowest BCUT2D eigenvalue weighted by Gasteiger charge is -2.27. The van der Waals surface area contributed by atoms with Gasteiger partial charge < -0.3 is 15.3 Å². The number of carbonyl (C=O) groups is 1. The summed E-state index contributed by atoms with van der Waals surface area (Å²) in [4.78, 5) is 13.9. The lowest BCUT2D eigenvalue weighted by Crippen LogP contribution is -2.43. The molecule has 5 heteroatoms. The number of hydrogen-bond donors (Lipinski definition) is 2. The number of nitrogens with zero attached hydrogens (tertiary/aromatic N) is 1. The molecule has 0 radical (unpaired) electrons. The first-order chi connectivity index (χ1) is 10.3. The third-order valence-corrected chi connectivity index (χ3v) is 4.94. The fourth-order valence-corrected chi connectivity index (χ4v) is 3.88. The summed E-state index contributed by atoms with van der Waals surface area (Å²) in [6, 6.07) is 8.41. The Morgan fingerprint density at radius 1 is 1.43 bits per heavy atom. The van der Waals surface area contributed by atoms with Crippen LogP contribution in [0, 0.1) is 0 Å². The van der Waals surface area contributed by atoms with Crippen LogP contribution in [0.1, 0.15) is 29.7 Å². The van der Waals surface area contributed by atoms with E-state index in [1.54, 1.807) is 4.90 Å². The molecular formula is C16H24N2O2S. The molecule has 1 unspecified atom stereocenters. The van der Waals surface area contributed by atoms with E-state index in [9.17, 15) is 4.79 Å². The van der Waals surface area contributed by atoms with Gasteiger partial charge in [0.05, 0.1) is 6.61 Å². The van der Waals surface area contributed by atoms with Gasteiger partial charge in [0.25, 0.3) is 0 Å². The number of aliphatic hydroxyl groups excluding tert-OH is 1. The Labute approximate surface area is 130 Å². The van der Waals surface area contributed by atoms with Crippen LogP contribution in [0.2, 0.25) is 0 Å². The van der Waals surface area contributed by atoms with Gasteiger partial charge in [-0.25, -0.2) is 4.79 Å². The van der Waals surface area contributed by atoms with Crippen LogP contribution in [0.25, 0.3) is 0 Å². The zero-order valence-corrected chi connectivity index (χ0v) is 13.4. The molecule has 2 N–H and O–H groups in total. The van der Waals surface area contributed by atoms with Crippen molar-refractivity contribution in [2.45, 2.75) is 25.0 Å². The highest BCUT2D eigenvalue weighted by Crippen LogP contribution is 2.35. The maximum Gasteiger partial charge on any atom is 0.317 e. The van der Waals surface area contributed by atoms with E-state index in [2.05, 4.69) is 29.6 Å². The molecule has 1 aromatic carbocycles. The number of rotatable bonds is 6.